The lowest BCUT2D eigenvalue weighted by atomic mass is 10.0. The third-order valence-electron chi connectivity index (χ3n) is 4.47. The van der Waals surface area contributed by atoms with E-state index in [4.69, 9.17) is 4.74 Å². The molecule has 2 nitrogen and oxygen atoms in total. The SMILES string of the molecule is COc1ccc(-c2ccccc2)cc1NCCC(C)CCC=C(C)C. The van der Waals surface area contributed by atoms with Crippen LogP contribution in [0.15, 0.2) is 60.2 Å². The molecule has 0 heterocycles. The standard InChI is InChI=1S/C23H31NO/c1-18(2)9-8-10-19(3)15-16-24-22-17-21(13-14-23(22)25-4)20-11-6-5-7-12-20/h5-7,9,11-14,17,19,24H,8,10,15-16H2,1-4H3. The highest BCUT2D eigenvalue weighted by atomic mass is 16.5. The second-order valence-corrected chi connectivity index (χ2v) is 6.96. The molecule has 0 amide bonds. The molecule has 0 aliphatic carbocycles. The monoisotopic (exact) mass is 337 g/mol. The van der Waals surface area contributed by atoms with E-state index >= 15 is 0 Å². The van der Waals surface area contributed by atoms with Crippen molar-refractivity contribution in [3.63, 3.8) is 0 Å². The first-order chi connectivity index (χ1) is 12.1. The van der Waals surface area contributed by atoms with Crippen LogP contribution < -0.4 is 10.1 Å². The fourth-order valence-corrected chi connectivity index (χ4v) is 2.91. The van der Waals surface area contributed by atoms with Crippen LogP contribution in [0.3, 0.4) is 0 Å². The van der Waals surface area contributed by atoms with E-state index < -0.39 is 0 Å². The summed E-state index contributed by atoms with van der Waals surface area (Å²) in [5.41, 5.74) is 4.91. The maximum atomic E-state index is 5.51. The van der Waals surface area contributed by atoms with Gasteiger partial charge in [0.2, 0.25) is 0 Å². The van der Waals surface area contributed by atoms with Crippen molar-refractivity contribution in [3.8, 4) is 16.9 Å². The Kier molecular flexibility index (Phi) is 7.59. The molecule has 134 valence electrons. The molecule has 0 fully saturated rings. The molecular formula is C23H31NO. The summed E-state index contributed by atoms with van der Waals surface area (Å²) in [4.78, 5) is 0. The van der Waals surface area contributed by atoms with Crippen LogP contribution in [0.2, 0.25) is 0 Å². The topological polar surface area (TPSA) is 21.3 Å². The van der Waals surface area contributed by atoms with E-state index in [2.05, 4.69) is 68.6 Å². The highest BCUT2D eigenvalue weighted by molar-refractivity contribution is 5.71. The van der Waals surface area contributed by atoms with Gasteiger partial charge in [-0.15, -0.1) is 0 Å². The van der Waals surface area contributed by atoms with Crippen molar-refractivity contribution in [1.29, 1.82) is 0 Å². The van der Waals surface area contributed by atoms with Crippen molar-refractivity contribution in [2.75, 3.05) is 19.0 Å². The molecule has 25 heavy (non-hydrogen) atoms. The number of allylic oxidation sites excluding steroid dienone is 2. The molecule has 0 saturated heterocycles. The van der Waals surface area contributed by atoms with E-state index in [1.54, 1.807) is 7.11 Å². The zero-order valence-corrected chi connectivity index (χ0v) is 16.0. The minimum Gasteiger partial charge on any atom is -0.495 e. The number of benzene rings is 2. The smallest absolute Gasteiger partial charge is 0.141 e. The summed E-state index contributed by atoms with van der Waals surface area (Å²) < 4.78 is 5.51. The Labute approximate surface area is 152 Å². The maximum Gasteiger partial charge on any atom is 0.141 e. The van der Waals surface area contributed by atoms with Gasteiger partial charge >= 0.3 is 0 Å². The van der Waals surface area contributed by atoms with Crippen LogP contribution in [0.5, 0.6) is 5.75 Å². The molecule has 0 aliphatic rings. The summed E-state index contributed by atoms with van der Waals surface area (Å²) in [6.45, 7) is 7.62. The van der Waals surface area contributed by atoms with Gasteiger partial charge in [-0.3, -0.25) is 0 Å². The fourth-order valence-electron chi connectivity index (χ4n) is 2.91. The lowest BCUT2D eigenvalue weighted by Gasteiger charge is -2.15. The van der Waals surface area contributed by atoms with Gasteiger partial charge in [-0.2, -0.15) is 0 Å². The molecule has 1 N–H and O–H groups in total. The second kappa shape index (κ2) is 9.93. The minimum absolute atomic E-state index is 0.714. The molecule has 0 radical (unpaired) electrons. The quantitative estimate of drug-likeness (QED) is 0.524. The molecule has 0 bridgehead atoms. The molecule has 0 spiro atoms. The number of hydrogen-bond acceptors (Lipinski definition) is 2. The lowest BCUT2D eigenvalue weighted by Crippen LogP contribution is -2.08. The number of anilines is 1. The molecule has 0 aliphatic heterocycles. The van der Waals surface area contributed by atoms with E-state index in [0.29, 0.717) is 5.92 Å². The van der Waals surface area contributed by atoms with Crippen LogP contribution in [-0.4, -0.2) is 13.7 Å². The van der Waals surface area contributed by atoms with Crippen molar-refractivity contribution in [2.45, 2.75) is 40.0 Å². The van der Waals surface area contributed by atoms with Crippen LogP contribution in [0.4, 0.5) is 5.69 Å². The summed E-state index contributed by atoms with van der Waals surface area (Å²) in [6, 6.07) is 16.8. The number of hydrogen-bond donors (Lipinski definition) is 1. The first kappa shape index (κ1) is 19.1. The van der Waals surface area contributed by atoms with Gasteiger partial charge in [-0.25, -0.2) is 0 Å². The van der Waals surface area contributed by atoms with Crippen molar-refractivity contribution < 1.29 is 4.74 Å². The van der Waals surface area contributed by atoms with E-state index in [0.717, 1.165) is 24.4 Å². The zero-order chi connectivity index (χ0) is 18.1. The third kappa shape index (κ3) is 6.30. The molecule has 2 rings (SSSR count). The van der Waals surface area contributed by atoms with E-state index in [1.165, 1.54) is 29.5 Å². The number of nitrogens with one attached hydrogen (secondary N) is 1. The Balaban J connectivity index is 1.95. The van der Waals surface area contributed by atoms with Crippen LogP contribution in [-0.2, 0) is 0 Å². The Morgan fingerprint density at radius 3 is 2.48 bits per heavy atom. The average molecular weight is 338 g/mol. The molecule has 2 aromatic rings. The summed E-state index contributed by atoms with van der Waals surface area (Å²) >= 11 is 0. The number of methoxy groups -OCH3 is 1. The van der Waals surface area contributed by atoms with Gasteiger partial charge in [-0.05, 0) is 62.3 Å². The van der Waals surface area contributed by atoms with Gasteiger partial charge in [0.15, 0.2) is 0 Å². The van der Waals surface area contributed by atoms with Crippen molar-refractivity contribution >= 4 is 5.69 Å². The summed E-state index contributed by atoms with van der Waals surface area (Å²) in [6.07, 6.45) is 5.91. The predicted molar refractivity (Wildman–Crippen MR) is 109 cm³/mol. The Bertz CT molecular complexity index is 672. The third-order valence-corrected chi connectivity index (χ3v) is 4.47. The van der Waals surface area contributed by atoms with E-state index in [-0.39, 0.29) is 0 Å². The zero-order valence-electron chi connectivity index (χ0n) is 16.0. The van der Waals surface area contributed by atoms with Gasteiger partial charge in [0.05, 0.1) is 12.8 Å². The Morgan fingerprint density at radius 2 is 1.80 bits per heavy atom. The first-order valence-electron chi connectivity index (χ1n) is 9.21. The summed E-state index contributed by atoms with van der Waals surface area (Å²) in [7, 11) is 1.73. The molecule has 0 saturated carbocycles. The van der Waals surface area contributed by atoms with Crippen LogP contribution in [0, 0.1) is 5.92 Å². The largest absolute Gasteiger partial charge is 0.495 e. The highest BCUT2D eigenvalue weighted by Gasteiger charge is 2.07. The van der Waals surface area contributed by atoms with Gasteiger partial charge in [0.25, 0.3) is 0 Å². The molecule has 2 heteroatoms. The fraction of sp³-hybridized carbons (Fsp3) is 0.391. The molecule has 1 atom stereocenters. The van der Waals surface area contributed by atoms with Crippen molar-refractivity contribution in [3.05, 3.63) is 60.2 Å². The van der Waals surface area contributed by atoms with Crippen molar-refractivity contribution in [1.82, 2.24) is 0 Å². The lowest BCUT2D eigenvalue weighted by molar-refractivity contribution is 0.416. The molecule has 0 aromatic heterocycles. The van der Waals surface area contributed by atoms with Crippen LogP contribution in [0.1, 0.15) is 40.0 Å². The van der Waals surface area contributed by atoms with E-state index in [9.17, 15) is 0 Å². The predicted octanol–water partition coefficient (Wildman–Crippen LogP) is 6.55. The second-order valence-electron chi connectivity index (χ2n) is 6.96. The maximum absolute atomic E-state index is 5.51. The summed E-state index contributed by atoms with van der Waals surface area (Å²) in [5.74, 6) is 1.61. The number of rotatable bonds is 9. The van der Waals surface area contributed by atoms with Crippen LogP contribution >= 0.6 is 0 Å². The molecular weight excluding hydrogens is 306 g/mol. The number of ether oxygens (including phenoxy) is 1. The normalized spacial score (nSPS) is 11.7. The highest BCUT2D eigenvalue weighted by Crippen LogP contribution is 2.30. The van der Waals surface area contributed by atoms with Crippen LogP contribution in [0.25, 0.3) is 11.1 Å². The Hall–Kier alpha value is -2.22. The minimum atomic E-state index is 0.714. The van der Waals surface area contributed by atoms with Gasteiger partial charge in [-0.1, -0.05) is 55.0 Å². The Morgan fingerprint density at radius 1 is 1.04 bits per heavy atom. The van der Waals surface area contributed by atoms with E-state index in [1.807, 2.05) is 12.1 Å². The van der Waals surface area contributed by atoms with Crippen molar-refractivity contribution in [2.24, 2.45) is 5.92 Å². The average Bonchev–Trinajstić information content (AvgIpc) is 2.62. The van der Waals surface area contributed by atoms with Gasteiger partial charge in [0, 0.05) is 6.54 Å². The van der Waals surface area contributed by atoms with Gasteiger partial charge < -0.3 is 10.1 Å². The van der Waals surface area contributed by atoms with Gasteiger partial charge in [0.1, 0.15) is 5.75 Å². The molecule has 1 unspecified atom stereocenters. The molecule has 2 aromatic carbocycles. The summed E-state index contributed by atoms with van der Waals surface area (Å²) in [5, 5.41) is 3.56. The first-order valence-corrected chi connectivity index (χ1v) is 9.21.